The highest BCUT2D eigenvalue weighted by Crippen LogP contribution is 2.19. The average Bonchev–Trinajstić information content (AvgIpc) is 2.50. The summed E-state index contributed by atoms with van der Waals surface area (Å²) >= 11 is 6.12. The molecule has 110 valence electrons. The third kappa shape index (κ3) is 3.49. The fourth-order valence-electron chi connectivity index (χ4n) is 1.90. The SMILES string of the molecule is CCc1cc(=O)n(Cc2cc(C(=O)OC)ccc2Cl)cn1. The molecule has 1 aromatic heterocycles. The van der Waals surface area contributed by atoms with Crippen LogP contribution in [0.4, 0.5) is 0 Å². The minimum Gasteiger partial charge on any atom is -0.465 e. The van der Waals surface area contributed by atoms with Gasteiger partial charge in [0, 0.05) is 16.8 Å². The van der Waals surface area contributed by atoms with Crippen LogP contribution in [0.3, 0.4) is 0 Å². The molecule has 5 nitrogen and oxygen atoms in total. The zero-order valence-corrected chi connectivity index (χ0v) is 12.6. The van der Waals surface area contributed by atoms with E-state index in [1.54, 1.807) is 18.2 Å². The maximum Gasteiger partial charge on any atom is 0.337 e. The summed E-state index contributed by atoms with van der Waals surface area (Å²) in [6.07, 6.45) is 2.19. The van der Waals surface area contributed by atoms with Gasteiger partial charge in [-0.25, -0.2) is 9.78 Å². The van der Waals surface area contributed by atoms with E-state index in [4.69, 9.17) is 11.6 Å². The maximum atomic E-state index is 12.0. The van der Waals surface area contributed by atoms with E-state index in [0.29, 0.717) is 22.6 Å². The van der Waals surface area contributed by atoms with Crippen molar-refractivity contribution in [3.63, 3.8) is 0 Å². The topological polar surface area (TPSA) is 61.2 Å². The van der Waals surface area contributed by atoms with Gasteiger partial charge in [0.2, 0.25) is 0 Å². The van der Waals surface area contributed by atoms with Crippen molar-refractivity contribution in [1.29, 1.82) is 0 Å². The number of carbonyl (C=O) groups is 1. The van der Waals surface area contributed by atoms with Gasteiger partial charge in [-0.2, -0.15) is 0 Å². The van der Waals surface area contributed by atoms with Gasteiger partial charge in [-0.3, -0.25) is 9.36 Å². The van der Waals surface area contributed by atoms with Gasteiger partial charge in [-0.05, 0) is 30.2 Å². The van der Waals surface area contributed by atoms with Crippen LogP contribution in [-0.2, 0) is 17.7 Å². The Morgan fingerprint density at radius 2 is 2.14 bits per heavy atom. The van der Waals surface area contributed by atoms with Gasteiger partial charge in [-0.1, -0.05) is 18.5 Å². The van der Waals surface area contributed by atoms with E-state index in [1.165, 1.54) is 24.1 Å². The minimum absolute atomic E-state index is 0.151. The van der Waals surface area contributed by atoms with Gasteiger partial charge < -0.3 is 4.74 Å². The van der Waals surface area contributed by atoms with Crippen molar-refractivity contribution in [2.45, 2.75) is 19.9 Å². The van der Waals surface area contributed by atoms with Gasteiger partial charge in [0.1, 0.15) is 0 Å². The van der Waals surface area contributed by atoms with E-state index < -0.39 is 5.97 Å². The molecule has 0 aliphatic heterocycles. The number of rotatable bonds is 4. The van der Waals surface area contributed by atoms with Crippen molar-refractivity contribution in [1.82, 2.24) is 9.55 Å². The lowest BCUT2D eigenvalue weighted by molar-refractivity contribution is 0.0600. The van der Waals surface area contributed by atoms with Crippen molar-refractivity contribution in [2.24, 2.45) is 0 Å². The molecule has 0 saturated heterocycles. The number of hydrogen-bond donors (Lipinski definition) is 0. The summed E-state index contributed by atoms with van der Waals surface area (Å²) in [6, 6.07) is 6.31. The summed E-state index contributed by atoms with van der Waals surface area (Å²) < 4.78 is 6.12. The van der Waals surface area contributed by atoms with Crippen LogP contribution in [0.25, 0.3) is 0 Å². The van der Waals surface area contributed by atoms with Gasteiger partial charge in [0.15, 0.2) is 0 Å². The van der Waals surface area contributed by atoms with E-state index in [1.807, 2.05) is 6.92 Å². The molecule has 0 bridgehead atoms. The zero-order valence-electron chi connectivity index (χ0n) is 11.8. The van der Waals surface area contributed by atoms with Crippen LogP contribution in [-0.4, -0.2) is 22.6 Å². The Kier molecular flexibility index (Phi) is 4.75. The van der Waals surface area contributed by atoms with Crippen LogP contribution in [0.2, 0.25) is 5.02 Å². The first kappa shape index (κ1) is 15.3. The van der Waals surface area contributed by atoms with Gasteiger partial charge >= 0.3 is 5.97 Å². The predicted octanol–water partition coefficient (Wildman–Crippen LogP) is 2.29. The first-order valence-electron chi connectivity index (χ1n) is 6.47. The molecule has 0 aliphatic rings. The monoisotopic (exact) mass is 306 g/mol. The molecule has 0 N–H and O–H groups in total. The molecule has 0 radical (unpaired) electrons. The van der Waals surface area contributed by atoms with E-state index in [2.05, 4.69) is 9.72 Å². The van der Waals surface area contributed by atoms with Crippen molar-refractivity contribution in [3.05, 3.63) is 62.8 Å². The number of carbonyl (C=O) groups excluding carboxylic acids is 1. The zero-order chi connectivity index (χ0) is 15.4. The molecule has 2 rings (SSSR count). The second-order valence-corrected chi connectivity index (χ2v) is 4.90. The fourth-order valence-corrected chi connectivity index (χ4v) is 2.08. The van der Waals surface area contributed by atoms with Crippen molar-refractivity contribution < 1.29 is 9.53 Å². The first-order valence-corrected chi connectivity index (χ1v) is 6.85. The van der Waals surface area contributed by atoms with Crippen LogP contribution in [0.1, 0.15) is 28.5 Å². The largest absolute Gasteiger partial charge is 0.465 e. The summed E-state index contributed by atoms with van der Waals surface area (Å²) in [6.45, 7) is 2.18. The van der Waals surface area contributed by atoms with Gasteiger partial charge in [0.05, 0.1) is 25.5 Å². The smallest absolute Gasteiger partial charge is 0.337 e. The van der Waals surface area contributed by atoms with Crippen LogP contribution >= 0.6 is 11.6 Å². The van der Waals surface area contributed by atoms with Crippen LogP contribution in [0.15, 0.2) is 35.4 Å². The third-order valence-corrected chi connectivity index (χ3v) is 3.47. The highest BCUT2D eigenvalue weighted by molar-refractivity contribution is 6.31. The summed E-state index contributed by atoms with van der Waals surface area (Å²) in [5.74, 6) is -0.445. The van der Waals surface area contributed by atoms with Gasteiger partial charge in [-0.15, -0.1) is 0 Å². The highest BCUT2D eigenvalue weighted by Gasteiger charge is 2.10. The number of hydrogen-bond acceptors (Lipinski definition) is 4. The Morgan fingerprint density at radius 3 is 2.76 bits per heavy atom. The predicted molar refractivity (Wildman–Crippen MR) is 79.8 cm³/mol. The second-order valence-electron chi connectivity index (χ2n) is 4.50. The Bertz CT molecular complexity index is 725. The third-order valence-electron chi connectivity index (χ3n) is 3.11. The number of ether oxygens (including phenoxy) is 1. The second kappa shape index (κ2) is 6.54. The molecule has 21 heavy (non-hydrogen) atoms. The number of aromatic nitrogens is 2. The Morgan fingerprint density at radius 1 is 1.38 bits per heavy atom. The number of esters is 1. The fraction of sp³-hybridized carbons (Fsp3) is 0.267. The van der Waals surface area contributed by atoms with Crippen LogP contribution in [0, 0.1) is 0 Å². The Balaban J connectivity index is 2.35. The lowest BCUT2D eigenvalue weighted by Crippen LogP contribution is -2.21. The van der Waals surface area contributed by atoms with Crippen molar-refractivity contribution >= 4 is 17.6 Å². The minimum atomic E-state index is -0.445. The first-order chi connectivity index (χ1) is 10.0. The molecule has 1 aromatic carbocycles. The molecule has 0 fully saturated rings. The average molecular weight is 307 g/mol. The summed E-state index contributed by atoms with van der Waals surface area (Å²) in [7, 11) is 1.31. The molecule has 0 spiro atoms. The highest BCUT2D eigenvalue weighted by atomic mass is 35.5. The maximum absolute atomic E-state index is 12.0. The molecular formula is C15H15ClN2O3. The number of benzene rings is 1. The summed E-state index contributed by atoms with van der Waals surface area (Å²) in [4.78, 5) is 27.7. The molecule has 0 aliphatic carbocycles. The van der Waals surface area contributed by atoms with Crippen molar-refractivity contribution in [2.75, 3.05) is 7.11 Å². The summed E-state index contributed by atoms with van der Waals surface area (Å²) in [5.41, 5.74) is 1.64. The van der Waals surface area contributed by atoms with Crippen molar-refractivity contribution in [3.8, 4) is 0 Å². The molecule has 0 amide bonds. The Hall–Kier alpha value is -2.14. The van der Waals surface area contributed by atoms with Crippen LogP contribution in [0.5, 0.6) is 0 Å². The molecular weight excluding hydrogens is 292 g/mol. The number of halogens is 1. The molecule has 0 atom stereocenters. The molecule has 0 unspecified atom stereocenters. The lowest BCUT2D eigenvalue weighted by atomic mass is 10.1. The molecule has 0 saturated carbocycles. The van der Waals surface area contributed by atoms with E-state index in [9.17, 15) is 9.59 Å². The van der Waals surface area contributed by atoms with E-state index in [-0.39, 0.29) is 12.1 Å². The standard InChI is InChI=1S/C15H15ClN2O3/c1-3-12-7-14(19)18(9-17-12)8-11-6-10(15(20)21-2)4-5-13(11)16/h4-7,9H,3,8H2,1-2H3. The quantitative estimate of drug-likeness (QED) is 0.813. The van der Waals surface area contributed by atoms with E-state index in [0.717, 1.165) is 5.69 Å². The number of methoxy groups -OCH3 is 1. The summed E-state index contributed by atoms with van der Waals surface area (Å²) in [5, 5.41) is 0.481. The molecule has 1 heterocycles. The number of nitrogens with zero attached hydrogens (tertiary/aromatic N) is 2. The molecule has 6 heteroatoms. The Labute approximate surface area is 127 Å². The van der Waals surface area contributed by atoms with E-state index >= 15 is 0 Å². The normalized spacial score (nSPS) is 10.4. The van der Waals surface area contributed by atoms with Crippen LogP contribution < -0.4 is 5.56 Å². The number of aryl methyl sites for hydroxylation is 1. The van der Waals surface area contributed by atoms with Gasteiger partial charge in [0.25, 0.3) is 5.56 Å². The molecule has 2 aromatic rings. The lowest BCUT2D eigenvalue weighted by Gasteiger charge is -2.09.